The third-order valence-corrected chi connectivity index (χ3v) is 6.28. The van der Waals surface area contributed by atoms with Crippen LogP contribution in [0.3, 0.4) is 0 Å². The molecule has 0 spiro atoms. The molecule has 0 aromatic heterocycles. The van der Waals surface area contributed by atoms with Crippen molar-refractivity contribution in [3.63, 3.8) is 0 Å². The van der Waals surface area contributed by atoms with Gasteiger partial charge in [-0.3, -0.25) is 0 Å². The van der Waals surface area contributed by atoms with E-state index in [1.807, 2.05) is 0 Å². The second-order valence-corrected chi connectivity index (χ2v) is 8.32. The monoisotopic (exact) mass is 372 g/mol. The molecule has 4 atom stereocenters. The van der Waals surface area contributed by atoms with E-state index in [0.717, 1.165) is 38.5 Å². The Labute approximate surface area is 167 Å². The maximum absolute atomic E-state index is 6.43. The van der Waals surface area contributed by atoms with Crippen LogP contribution >= 0.6 is 0 Å². The van der Waals surface area contributed by atoms with Crippen molar-refractivity contribution in [1.29, 1.82) is 0 Å². The van der Waals surface area contributed by atoms with Gasteiger partial charge in [0, 0.05) is 0 Å². The van der Waals surface area contributed by atoms with Gasteiger partial charge >= 0.3 is 0 Å². The average molecular weight is 373 g/mol. The van der Waals surface area contributed by atoms with E-state index in [1.54, 1.807) is 0 Å². The Kier molecular flexibility index (Phi) is 5.16. The van der Waals surface area contributed by atoms with Gasteiger partial charge in [0.25, 0.3) is 0 Å². The van der Waals surface area contributed by atoms with E-state index in [4.69, 9.17) is 9.47 Å². The van der Waals surface area contributed by atoms with Gasteiger partial charge < -0.3 is 9.47 Å². The minimum atomic E-state index is 0.270. The minimum absolute atomic E-state index is 0.270. The Bertz CT molecular complexity index is 920. The summed E-state index contributed by atoms with van der Waals surface area (Å²) in [6.07, 6.45) is 7.77. The first-order valence-corrected chi connectivity index (χ1v) is 10.7. The summed E-state index contributed by atoms with van der Waals surface area (Å²) in [7, 11) is 0. The zero-order valence-corrected chi connectivity index (χ0v) is 16.3. The summed E-state index contributed by atoms with van der Waals surface area (Å²) in [5, 5.41) is 2.62. The molecule has 5 rings (SSSR count). The molecule has 144 valence electrons. The predicted molar refractivity (Wildman–Crippen MR) is 114 cm³/mol. The van der Waals surface area contributed by atoms with E-state index in [9.17, 15) is 0 Å². The number of rotatable bonds is 5. The molecule has 2 fully saturated rings. The van der Waals surface area contributed by atoms with Crippen molar-refractivity contribution in [3.05, 3.63) is 83.9 Å². The van der Waals surface area contributed by atoms with Crippen LogP contribution in [0.4, 0.5) is 0 Å². The zero-order chi connectivity index (χ0) is 18.8. The normalized spacial score (nSPS) is 27.4. The largest absolute Gasteiger partial charge is 0.372 e. The van der Waals surface area contributed by atoms with Gasteiger partial charge in [0.05, 0.1) is 24.4 Å². The summed E-state index contributed by atoms with van der Waals surface area (Å²) >= 11 is 0. The van der Waals surface area contributed by atoms with Crippen molar-refractivity contribution < 1.29 is 9.47 Å². The van der Waals surface area contributed by atoms with Crippen molar-refractivity contribution in [2.75, 3.05) is 0 Å². The molecule has 2 heteroatoms. The summed E-state index contributed by atoms with van der Waals surface area (Å²) < 4.78 is 12.8. The Balaban J connectivity index is 1.16. The minimum Gasteiger partial charge on any atom is -0.372 e. The molecule has 2 nitrogen and oxygen atoms in total. The first-order chi connectivity index (χ1) is 13.8. The highest BCUT2D eigenvalue weighted by Gasteiger charge is 2.37. The van der Waals surface area contributed by atoms with E-state index < -0.39 is 0 Å². The molecule has 0 saturated carbocycles. The summed E-state index contributed by atoms with van der Waals surface area (Å²) in [6, 6.07) is 26.0. The number of ether oxygens (including phenoxy) is 2. The Morgan fingerprint density at radius 3 is 1.89 bits per heavy atom. The first-order valence-electron chi connectivity index (χ1n) is 10.7. The van der Waals surface area contributed by atoms with Gasteiger partial charge in [-0.25, -0.2) is 0 Å². The maximum Gasteiger partial charge on any atom is 0.0841 e. The Hall–Kier alpha value is -2.16. The highest BCUT2D eigenvalue weighted by Crippen LogP contribution is 2.33. The molecule has 0 N–H and O–H groups in total. The van der Waals surface area contributed by atoms with Gasteiger partial charge in [-0.15, -0.1) is 0 Å². The van der Waals surface area contributed by atoms with Crippen LogP contribution in [-0.4, -0.2) is 24.4 Å². The average Bonchev–Trinajstić information content (AvgIpc) is 3.38. The fraction of sp³-hybridized carbons (Fsp3) is 0.385. The van der Waals surface area contributed by atoms with Gasteiger partial charge in [0.15, 0.2) is 0 Å². The van der Waals surface area contributed by atoms with Crippen molar-refractivity contribution >= 4 is 10.8 Å². The second kappa shape index (κ2) is 8.06. The van der Waals surface area contributed by atoms with E-state index in [0.29, 0.717) is 12.2 Å². The van der Waals surface area contributed by atoms with Gasteiger partial charge in [-0.2, -0.15) is 0 Å². The molecule has 0 aliphatic carbocycles. The molecule has 0 bridgehead atoms. The summed E-state index contributed by atoms with van der Waals surface area (Å²) in [5.74, 6) is 0. The van der Waals surface area contributed by atoms with Gasteiger partial charge in [0.1, 0.15) is 0 Å². The summed E-state index contributed by atoms with van der Waals surface area (Å²) in [5.41, 5.74) is 2.74. The summed E-state index contributed by atoms with van der Waals surface area (Å²) in [6.45, 7) is 0. The lowest BCUT2D eigenvalue weighted by molar-refractivity contribution is -0.0642. The molecule has 0 unspecified atom stereocenters. The van der Waals surface area contributed by atoms with Crippen molar-refractivity contribution in [2.45, 2.75) is 62.9 Å². The van der Waals surface area contributed by atoms with Gasteiger partial charge in [-0.05, 0) is 60.4 Å². The molecular weight excluding hydrogens is 344 g/mol. The van der Waals surface area contributed by atoms with E-state index in [1.165, 1.54) is 21.9 Å². The highest BCUT2D eigenvalue weighted by molar-refractivity contribution is 5.82. The predicted octanol–water partition coefficient (Wildman–Crippen LogP) is 5.72. The number of hydrogen-bond acceptors (Lipinski definition) is 2. The fourth-order valence-electron chi connectivity index (χ4n) is 4.82. The van der Waals surface area contributed by atoms with Crippen molar-refractivity contribution in [1.82, 2.24) is 0 Å². The van der Waals surface area contributed by atoms with Crippen LogP contribution in [0.1, 0.15) is 36.8 Å². The third-order valence-electron chi connectivity index (χ3n) is 6.28. The SMILES string of the molecule is c1ccc(C[C@H]2CC[C@H]([C@H]3CC[C@H](Cc4ccc5ccccc5c4)O3)O2)cc1. The van der Waals surface area contributed by atoms with E-state index in [-0.39, 0.29) is 12.2 Å². The van der Waals surface area contributed by atoms with E-state index in [2.05, 4.69) is 72.8 Å². The fourth-order valence-corrected chi connectivity index (χ4v) is 4.82. The number of hydrogen-bond donors (Lipinski definition) is 0. The Morgan fingerprint density at radius 2 is 1.18 bits per heavy atom. The van der Waals surface area contributed by atoms with Crippen molar-refractivity contribution in [2.24, 2.45) is 0 Å². The third kappa shape index (κ3) is 3.99. The molecule has 2 heterocycles. The highest BCUT2D eigenvalue weighted by atomic mass is 16.6. The van der Waals surface area contributed by atoms with Gasteiger partial charge in [-0.1, -0.05) is 72.8 Å². The lowest BCUT2D eigenvalue weighted by Crippen LogP contribution is -2.27. The molecule has 3 aromatic rings. The first kappa shape index (κ1) is 17.9. The molecular formula is C26H28O2. The quantitative estimate of drug-likeness (QED) is 0.570. The number of benzene rings is 3. The van der Waals surface area contributed by atoms with Crippen LogP contribution in [0.15, 0.2) is 72.8 Å². The lowest BCUT2D eigenvalue weighted by Gasteiger charge is -2.21. The van der Waals surface area contributed by atoms with Crippen LogP contribution in [0.25, 0.3) is 10.8 Å². The molecule has 2 aliphatic heterocycles. The molecule has 0 amide bonds. The van der Waals surface area contributed by atoms with Crippen LogP contribution < -0.4 is 0 Å². The van der Waals surface area contributed by atoms with Gasteiger partial charge in [0.2, 0.25) is 0 Å². The summed E-state index contributed by atoms with van der Waals surface area (Å²) in [4.78, 5) is 0. The van der Waals surface area contributed by atoms with E-state index >= 15 is 0 Å². The van der Waals surface area contributed by atoms with Crippen LogP contribution in [0.5, 0.6) is 0 Å². The van der Waals surface area contributed by atoms with Crippen LogP contribution in [0.2, 0.25) is 0 Å². The number of fused-ring (bicyclic) bond motifs is 1. The molecule has 0 radical (unpaired) electrons. The smallest absolute Gasteiger partial charge is 0.0841 e. The molecule has 28 heavy (non-hydrogen) atoms. The standard InChI is InChI=1S/C26H28O2/c1-2-6-19(7-3-1)17-23-12-14-25(27-23)26-15-13-24(28-26)18-20-10-11-21-8-4-5-9-22(21)16-20/h1-11,16,23-26H,12-15,17-18H2/t23-,24-,25-,26-/m1/s1. The maximum atomic E-state index is 6.43. The molecule has 2 saturated heterocycles. The molecule has 3 aromatic carbocycles. The Morgan fingerprint density at radius 1 is 0.571 bits per heavy atom. The van der Waals surface area contributed by atoms with Crippen molar-refractivity contribution in [3.8, 4) is 0 Å². The van der Waals surface area contributed by atoms with Crippen LogP contribution in [-0.2, 0) is 22.3 Å². The topological polar surface area (TPSA) is 18.5 Å². The zero-order valence-electron chi connectivity index (χ0n) is 16.3. The second-order valence-electron chi connectivity index (χ2n) is 8.32. The van der Waals surface area contributed by atoms with Crippen LogP contribution in [0, 0.1) is 0 Å². The molecule has 2 aliphatic rings. The lowest BCUT2D eigenvalue weighted by atomic mass is 10.0.